The van der Waals surface area contributed by atoms with E-state index in [0.29, 0.717) is 29.1 Å². The van der Waals surface area contributed by atoms with Gasteiger partial charge in [-0.2, -0.15) is 0 Å². The van der Waals surface area contributed by atoms with Crippen LogP contribution in [0.2, 0.25) is 0 Å². The molecule has 4 fully saturated rings. The third-order valence-electron chi connectivity index (χ3n) is 7.04. The quantitative estimate of drug-likeness (QED) is 0.720. The summed E-state index contributed by atoms with van der Waals surface area (Å²) in [5, 5.41) is 3.07. The van der Waals surface area contributed by atoms with Gasteiger partial charge >= 0.3 is 0 Å². The molecular weight excluding hydrogens is 403 g/mol. The number of sulfonamides is 1. The Balaban J connectivity index is 1.26. The van der Waals surface area contributed by atoms with Crippen LogP contribution in [0.5, 0.6) is 0 Å². The summed E-state index contributed by atoms with van der Waals surface area (Å²) >= 11 is 0. The van der Waals surface area contributed by atoms with Crippen molar-refractivity contribution in [2.75, 3.05) is 10.0 Å². The number of nitrogens with one attached hydrogen (secondary N) is 2. The fourth-order valence-electron chi connectivity index (χ4n) is 6.10. The maximum atomic E-state index is 13.1. The topological polar surface area (TPSA) is 75.3 Å². The second kappa shape index (κ2) is 7.08. The number of anilines is 2. The smallest absolute Gasteiger partial charge is 0.261 e. The van der Waals surface area contributed by atoms with Crippen LogP contribution in [-0.2, 0) is 14.8 Å². The molecule has 0 aliphatic heterocycles. The molecule has 2 aromatic carbocycles. The third-order valence-corrected chi connectivity index (χ3v) is 8.44. The zero-order valence-corrected chi connectivity index (χ0v) is 17.4. The van der Waals surface area contributed by atoms with Crippen LogP contribution in [0.1, 0.15) is 38.5 Å². The Labute approximate surface area is 176 Å². The number of amides is 1. The van der Waals surface area contributed by atoms with E-state index in [1.807, 2.05) is 0 Å². The minimum atomic E-state index is -3.80. The molecule has 0 saturated heterocycles. The van der Waals surface area contributed by atoms with Crippen molar-refractivity contribution in [3.8, 4) is 0 Å². The number of carbonyl (C=O) groups excluding carboxylic acids is 1. The standard InChI is InChI=1S/C23H25FN2O3S/c24-18-1-7-21(8-2-18)30(28,29)26-20-5-3-19(4-6-20)25-22(27)23-12-15-9-16(13-23)11-17(10-15)14-23/h1-8,15-17,26H,9-14H2,(H,25,27). The molecule has 5 nitrogen and oxygen atoms in total. The minimum Gasteiger partial charge on any atom is -0.326 e. The fraction of sp³-hybridized carbons (Fsp3) is 0.435. The van der Waals surface area contributed by atoms with E-state index < -0.39 is 15.8 Å². The minimum absolute atomic E-state index is 0.0110. The van der Waals surface area contributed by atoms with Gasteiger partial charge in [0.05, 0.1) is 10.3 Å². The van der Waals surface area contributed by atoms with Crippen LogP contribution < -0.4 is 10.0 Å². The summed E-state index contributed by atoms with van der Waals surface area (Å²) in [6, 6.07) is 11.3. The summed E-state index contributed by atoms with van der Waals surface area (Å²) in [7, 11) is -3.80. The van der Waals surface area contributed by atoms with Gasteiger partial charge in [-0.05, 0) is 105 Å². The summed E-state index contributed by atoms with van der Waals surface area (Å²) in [5.41, 5.74) is 0.824. The van der Waals surface area contributed by atoms with Gasteiger partial charge in [0, 0.05) is 11.4 Å². The van der Waals surface area contributed by atoms with Crippen LogP contribution in [0.15, 0.2) is 53.4 Å². The first-order chi connectivity index (χ1) is 14.3. The Kier molecular flexibility index (Phi) is 4.61. The van der Waals surface area contributed by atoms with Crippen molar-refractivity contribution in [3.05, 3.63) is 54.3 Å². The second-order valence-corrected chi connectivity index (χ2v) is 11.0. The van der Waals surface area contributed by atoms with E-state index in [1.165, 1.54) is 31.4 Å². The highest BCUT2D eigenvalue weighted by Crippen LogP contribution is 2.60. The van der Waals surface area contributed by atoms with Gasteiger partial charge < -0.3 is 5.32 Å². The highest BCUT2D eigenvalue weighted by Gasteiger charge is 2.54. The Bertz CT molecular complexity index is 1030. The monoisotopic (exact) mass is 428 g/mol. The van der Waals surface area contributed by atoms with Crippen molar-refractivity contribution in [1.82, 2.24) is 0 Å². The maximum absolute atomic E-state index is 13.1. The summed E-state index contributed by atoms with van der Waals surface area (Å²) in [6.45, 7) is 0. The number of hydrogen-bond acceptors (Lipinski definition) is 3. The number of carbonyl (C=O) groups is 1. The van der Waals surface area contributed by atoms with Crippen molar-refractivity contribution in [3.63, 3.8) is 0 Å². The predicted molar refractivity (Wildman–Crippen MR) is 113 cm³/mol. The van der Waals surface area contributed by atoms with Gasteiger partial charge in [-0.3, -0.25) is 9.52 Å². The molecule has 2 aromatic rings. The van der Waals surface area contributed by atoms with Gasteiger partial charge in [0.2, 0.25) is 5.91 Å². The van der Waals surface area contributed by atoms with E-state index in [0.717, 1.165) is 31.4 Å². The average molecular weight is 429 g/mol. The van der Waals surface area contributed by atoms with Crippen LogP contribution in [0, 0.1) is 29.0 Å². The Morgan fingerprint density at radius 2 is 1.33 bits per heavy atom. The van der Waals surface area contributed by atoms with Crippen LogP contribution in [0.3, 0.4) is 0 Å². The number of rotatable bonds is 5. The maximum Gasteiger partial charge on any atom is 0.261 e. The third kappa shape index (κ3) is 3.60. The first-order valence-corrected chi connectivity index (χ1v) is 12.0. The number of halogens is 1. The molecule has 4 aliphatic carbocycles. The van der Waals surface area contributed by atoms with Crippen molar-refractivity contribution in [2.24, 2.45) is 23.2 Å². The van der Waals surface area contributed by atoms with Gasteiger partial charge in [-0.15, -0.1) is 0 Å². The molecule has 0 spiro atoms. The normalized spacial score (nSPS) is 29.6. The summed E-state index contributed by atoms with van der Waals surface area (Å²) < 4.78 is 40.4. The van der Waals surface area contributed by atoms with Crippen LogP contribution >= 0.6 is 0 Å². The van der Waals surface area contributed by atoms with Crippen molar-refractivity contribution < 1.29 is 17.6 Å². The van der Waals surface area contributed by atoms with E-state index in [4.69, 9.17) is 0 Å². The molecule has 30 heavy (non-hydrogen) atoms. The molecule has 4 aliphatic rings. The van der Waals surface area contributed by atoms with E-state index in [1.54, 1.807) is 24.3 Å². The molecule has 1 amide bonds. The van der Waals surface area contributed by atoms with Crippen molar-refractivity contribution in [2.45, 2.75) is 43.4 Å². The van der Waals surface area contributed by atoms with E-state index in [-0.39, 0.29) is 16.2 Å². The molecule has 158 valence electrons. The molecule has 7 heteroatoms. The second-order valence-electron chi connectivity index (χ2n) is 9.29. The van der Waals surface area contributed by atoms with Crippen LogP contribution in [-0.4, -0.2) is 14.3 Å². The van der Waals surface area contributed by atoms with Crippen molar-refractivity contribution in [1.29, 1.82) is 0 Å². The molecule has 0 atom stereocenters. The lowest BCUT2D eigenvalue weighted by Crippen LogP contribution is -2.51. The molecule has 0 heterocycles. The lowest BCUT2D eigenvalue weighted by molar-refractivity contribution is -0.140. The SMILES string of the molecule is O=C(Nc1ccc(NS(=O)(=O)c2ccc(F)cc2)cc1)C12CC3CC(CC(C3)C1)C2. The molecule has 0 radical (unpaired) electrons. The molecule has 0 unspecified atom stereocenters. The van der Waals surface area contributed by atoms with Gasteiger partial charge in [0.1, 0.15) is 5.82 Å². The van der Waals surface area contributed by atoms with Gasteiger partial charge in [-0.1, -0.05) is 0 Å². The highest BCUT2D eigenvalue weighted by atomic mass is 32.2. The van der Waals surface area contributed by atoms with E-state index >= 15 is 0 Å². The van der Waals surface area contributed by atoms with Crippen LogP contribution in [0.4, 0.5) is 15.8 Å². The molecule has 4 bridgehead atoms. The number of hydrogen-bond donors (Lipinski definition) is 2. The molecule has 0 aromatic heterocycles. The van der Waals surface area contributed by atoms with E-state index in [9.17, 15) is 17.6 Å². The highest BCUT2D eigenvalue weighted by molar-refractivity contribution is 7.92. The van der Waals surface area contributed by atoms with E-state index in [2.05, 4.69) is 10.0 Å². The first kappa shape index (κ1) is 19.5. The lowest BCUT2D eigenvalue weighted by atomic mass is 9.49. The first-order valence-electron chi connectivity index (χ1n) is 10.5. The van der Waals surface area contributed by atoms with Crippen molar-refractivity contribution >= 4 is 27.3 Å². The Morgan fingerprint density at radius 1 is 0.833 bits per heavy atom. The molecular formula is C23H25FN2O3S. The lowest BCUT2D eigenvalue weighted by Gasteiger charge is -2.55. The summed E-state index contributed by atoms with van der Waals surface area (Å²) in [4.78, 5) is 13.1. The molecule has 6 rings (SSSR count). The Morgan fingerprint density at radius 3 is 1.87 bits per heavy atom. The number of benzene rings is 2. The molecule has 4 saturated carbocycles. The summed E-state index contributed by atoms with van der Waals surface area (Å²) in [5.74, 6) is 1.72. The largest absolute Gasteiger partial charge is 0.326 e. The van der Waals surface area contributed by atoms with Gasteiger partial charge in [0.25, 0.3) is 10.0 Å². The predicted octanol–water partition coefficient (Wildman–Crippen LogP) is 4.78. The summed E-state index contributed by atoms with van der Waals surface area (Å²) in [6.07, 6.45) is 6.86. The molecule has 2 N–H and O–H groups in total. The van der Waals surface area contributed by atoms with Gasteiger partial charge in [0.15, 0.2) is 0 Å². The zero-order valence-electron chi connectivity index (χ0n) is 16.6. The fourth-order valence-corrected chi connectivity index (χ4v) is 7.16. The average Bonchev–Trinajstić information content (AvgIpc) is 2.68. The van der Waals surface area contributed by atoms with Gasteiger partial charge in [-0.25, -0.2) is 12.8 Å². The zero-order chi connectivity index (χ0) is 20.9. The Hall–Kier alpha value is -2.41. The van der Waals surface area contributed by atoms with Crippen LogP contribution in [0.25, 0.3) is 0 Å².